The molecule has 130 valence electrons. The van der Waals surface area contributed by atoms with E-state index in [-0.39, 0.29) is 5.92 Å². The third-order valence-electron chi connectivity index (χ3n) is 4.68. The summed E-state index contributed by atoms with van der Waals surface area (Å²) in [5.41, 5.74) is 4.08. The standard InChI is InChI=1S/C21H24FN3/c1-5-23-21-10-16-6-7-17(9-18(16)11-25-21)19-12-24-20(8-13(19)2)14(3)15(4)22/h6-12,14-15H,5H2,1-4H3,(H,23,25). The minimum atomic E-state index is -0.907. The molecule has 3 rings (SSSR count). The SMILES string of the molecule is CCNc1cc2ccc(-c3cnc(C(C)C(C)F)cc3C)cc2cn1. The van der Waals surface area contributed by atoms with Crippen molar-refractivity contribution in [1.82, 2.24) is 9.97 Å². The third kappa shape index (κ3) is 3.63. The highest BCUT2D eigenvalue weighted by atomic mass is 19.1. The van der Waals surface area contributed by atoms with E-state index in [0.717, 1.165) is 45.5 Å². The first kappa shape index (κ1) is 17.3. The topological polar surface area (TPSA) is 37.8 Å². The van der Waals surface area contributed by atoms with Crippen LogP contribution in [0.5, 0.6) is 0 Å². The Labute approximate surface area is 148 Å². The number of nitrogens with one attached hydrogen (secondary N) is 1. The zero-order valence-electron chi connectivity index (χ0n) is 15.2. The number of alkyl halides is 1. The molecule has 1 N–H and O–H groups in total. The molecule has 0 fully saturated rings. The van der Waals surface area contributed by atoms with E-state index in [2.05, 4.69) is 46.5 Å². The molecule has 4 heteroatoms. The van der Waals surface area contributed by atoms with E-state index in [9.17, 15) is 4.39 Å². The minimum Gasteiger partial charge on any atom is -0.370 e. The minimum absolute atomic E-state index is 0.196. The average molecular weight is 337 g/mol. The van der Waals surface area contributed by atoms with Crippen molar-refractivity contribution in [1.29, 1.82) is 0 Å². The first-order chi connectivity index (χ1) is 12.0. The zero-order valence-corrected chi connectivity index (χ0v) is 15.2. The van der Waals surface area contributed by atoms with Gasteiger partial charge < -0.3 is 5.32 Å². The molecule has 0 aliphatic heterocycles. The van der Waals surface area contributed by atoms with Crippen LogP contribution >= 0.6 is 0 Å². The number of pyridine rings is 2. The summed E-state index contributed by atoms with van der Waals surface area (Å²) in [5.74, 6) is 0.692. The average Bonchev–Trinajstić information content (AvgIpc) is 2.60. The van der Waals surface area contributed by atoms with E-state index in [1.807, 2.05) is 32.3 Å². The van der Waals surface area contributed by atoms with Gasteiger partial charge in [-0.3, -0.25) is 4.98 Å². The summed E-state index contributed by atoms with van der Waals surface area (Å²) in [5, 5.41) is 5.47. The van der Waals surface area contributed by atoms with Gasteiger partial charge in [-0.1, -0.05) is 19.1 Å². The van der Waals surface area contributed by atoms with Crippen LogP contribution in [0, 0.1) is 6.92 Å². The molecule has 0 amide bonds. The molecular weight excluding hydrogens is 313 g/mol. The molecule has 2 heterocycles. The summed E-state index contributed by atoms with van der Waals surface area (Å²) >= 11 is 0. The third-order valence-corrected chi connectivity index (χ3v) is 4.68. The lowest BCUT2D eigenvalue weighted by Gasteiger charge is -2.15. The fourth-order valence-corrected chi connectivity index (χ4v) is 2.95. The highest BCUT2D eigenvalue weighted by Gasteiger charge is 2.16. The van der Waals surface area contributed by atoms with E-state index in [4.69, 9.17) is 0 Å². The molecule has 0 aliphatic carbocycles. The van der Waals surface area contributed by atoms with E-state index < -0.39 is 6.17 Å². The van der Waals surface area contributed by atoms with Crippen molar-refractivity contribution in [3.05, 3.63) is 54.0 Å². The van der Waals surface area contributed by atoms with Crippen molar-refractivity contribution >= 4 is 16.6 Å². The Kier molecular flexibility index (Phi) is 4.98. The Morgan fingerprint density at radius 3 is 2.52 bits per heavy atom. The van der Waals surface area contributed by atoms with Crippen molar-refractivity contribution < 1.29 is 4.39 Å². The highest BCUT2D eigenvalue weighted by Crippen LogP contribution is 2.29. The molecule has 25 heavy (non-hydrogen) atoms. The number of benzene rings is 1. The summed E-state index contributed by atoms with van der Waals surface area (Å²) in [6.45, 7) is 8.40. The predicted octanol–water partition coefficient (Wildman–Crippen LogP) is 5.50. The summed E-state index contributed by atoms with van der Waals surface area (Å²) in [4.78, 5) is 8.93. The molecule has 2 unspecified atom stereocenters. The van der Waals surface area contributed by atoms with Crippen LogP contribution in [0.4, 0.5) is 10.2 Å². The molecule has 1 aromatic carbocycles. The van der Waals surface area contributed by atoms with Crippen LogP contribution in [0.15, 0.2) is 42.7 Å². The van der Waals surface area contributed by atoms with Gasteiger partial charge in [-0.25, -0.2) is 9.37 Å². The Hall–Kier alpha value is -2.49. The number of aromatic nitrogens is 2. The number of rotatable bonds is 5. The van der Waals surface area contributed by atoms with E-state index in [1.54, 1.807) is 6.92 Å². The normalized spacial score (nSPS) is 13.6. The largest absolute Gasteiger partial charge is 0.370 e. The lowest BCUT2D eigenvalue weighted by molar-refractivity contribution is 0.314. The van der Waals surface area contributed by atoms with E-state index >= 15 is 0 Å². The fourth-order valence-electron chi connectivity index (χ4n) is 2.95. The van der Waals surface area contributed by atoms with Gasteiger partial charge in [0.2, 0.25) is 0 Å². The molecule has 0 saturated heterocycles. The van der Waals surface area contributed by atoms with E-state index in [1.165, 1.54) is 0 Å². The Balaban J connectivity index is 1.97. The van der Waals surface area contributed by atoms with Gasteiger partial charge in [0.15, 0.2) is 0 Å². The van der Waals surface area contributed by atoms with Crippen LogP contribution in [0.3, 0.4) is 0 Å². The number of nitrogens with zero attached hydrogens (tertiary/aromatic N) is 2. The maximum atomic E-state index is 13.5. The molecule has 2 aromatic heterocycles. The number of hydrogen-bond acceptors (Lipinski definition) is 3. The Bertz CT molecular complexity index is 889. The maximum Gasteiger partial charge on any atom is 0.126 e. The quantitative estimate of drug-likeness (QED) is 0.668. The first-order valence-electron chi connectivity index (χ1n) is 8.74. The lowest BCUT2D eigenvalue weighted by Crippen LogP contribution is -2.08. The van der Waals surface area contributed by atoms with Gasteiger partial charge in [-0.15, -0.1) is 0 Å². The zero-order chi connectivity index (χ0) is 18.0. The smallest absolute Gasteiger partial charge is 0.126 e. The first-order valence-corrected chi connectivity index (χ1v) is 8.74. The molecule has 0 spiro atoms. The maximum absolute atomic E-state index is 13.5. The van der Waals surface area contributed by atoms with E-state index in [0.29, 0.717) is 0 Å². The Morgan fingerprint density at radius 1 is 1.04 bits per heavy atom. The summed E-state index contributed by atoms with van der Waals surface area (Å²) in [6.07, 6.45) is 2.84. The van der Waals surface area contributed by atoms with Crippen molar-refractivity contribution in [3.63, 3.8) is 0 Å². The van der Waals surface area contributed by atoms with Crippen LogP contribution in [0.2, 0.25) is 0 Å². The molecule has 0 saturated carbocycles. The molecule has 3 aromatic rings. The van der Waals surface area contributed by atoms with Gasteiger partial charge in [-0.05, 0) is 55.5 Å². The number of halogens is 1. The van der Waals surface area contributed by atoms with Crippen LogP contribution < -0.4 is 5.32 Å². The fraction of sp³-hybridized carbons (Fsp3) is 0.333. The molecular formula is C21H24FN3. The Morgan fingerprint density at radius 2 is 1.84 bits per heavy atom. The van der Waals surface area contributed by atoms with Gasteiger partial charge in [0.1, 0.15) is 12.0 Å². The molecule has 2 atom stereocenters. The van der Waals surface area contributed by atoms with Crippen molar-refractivity contribution in [2.45, 2.75) is 39.8 Å². The van der Waals surface area contributed by atoms with Crippen molar-refractivity contribution in [2.75, 3.05) is 11.9 Å². The molecule has 3 nitrogen and oxygen atoms in total. The van der Waals surface area contributed by atoms with Crippen LogP contribution in [0.25, 0.3) is 21.9 Å². The van der Waals surface area contributed by atoms with Crippen LogP contribution in [0.1, 0.15) is 37.9 Å². The number of fused-ring (bicyclic) bond motifs is 1. The number of anilines is 1. The van der Waals surface area contributed by atoms with Crippen molar-refractivity contribution in [2.24, 2.45) is 0 Å². The highest BCUT2D eigenvalue weighted by molar-refractivity contribution is 5.88. The lowest BCUT2D eigenvalue weighted by atomic mass is 9.96. The molecule has 0 aliphatic rings. The summed E-state index contributed by atoms with van der Waals surface area (Å²) in [6, 6.07) is 10.4. The number of aryl methyl sites for hydroxylation is 1. The van der Waals surface area contributed by atoms with Crippen LogP contribution in [-0.2, 0) is 0 Å². The second-order valence-corrected chi connectivity index (χ2v) is 6.55. The van der Waals surface area contributed by atoms with Crippen molar-refractivity contribution in [3.8, 4) is 11.1 Å². The predicted molar refractivity (Wildman–Crippen MR) is 103 cm³/mol. The van der Waals surface area contributed by atoms with Gasteiger partial charge >= 0.3 is 0 Å². The molecule has 0 radical (unpaired) electrons. The second-order valence-electron chi connectivity index (χ2n) is 6.55. The summed E-state index contributed by atoms with van der Waals surface area (Å²) < 4.78 is 13.5. The van der Waals surface area contributed by atoms with Gasteiger partial charge in [-0.2, -0.15) is 0 Å². The van der Waals surface area contributed by atoms with Gasteiger partial charge in [0.05, 0.1) is 0 Å². The summed E-state index contributed by atoms with van der Waals surface area (Å²) in [7, 11) is 0. The second kappa shape index (κ2) is 7.18. The van der Waals surface area contributed by atoms with Gasteiger partial charge in [0.25, 0.3) is 0 Å². The monoisotopic (exact) mass is 337 g/mol. The number of hydrogen-bond donors (Lipinski definition) is 1. The van der Waals surface area contributed by atoms with Crippen LogP contribution in [-0.4, -0.2) is 22.7 Å². The molecule has 0 bridgehead atoms. The van der Waals surface area contributed by atoms with Gasteiger partial charge in [0, 0.05) is 41.5 Å².